The summed E-state index contributed by atoms with van der Waals surface area (Å²) in [4.78, 5) is 16.2. The van der Waals surface area contributed by atoms with Crippen LogP contribution in [0.15, 0.2) is 12.1 Å². The Labute approximate surface area is 151 Å². The molecule has 0 aliphatic carbocycles. The van der Waals surface area contributed by atoms with Gasteiger partial charge in [0.15, 0.2) is 0 Å². The van der Waals surface area contributed by atoms with Crippen molar-refractivity contribution in [2.75, 3.05) is 20.2 Å². The maximum Gasteiger partial charge on any atom is 0.416 e. The maximum atomic E-state index is 13.6. The van der Waals surface area contributed by atoms with Gasteiger partial charge in [-0.3, -0.25) is 9.69 Å². The molecule has 4 nitrogen and oxygen atoms in total. The lowest BCUT2D eigenvalue weighted by Crippen LogP contribution is -2.36. The zero-order chi connectivity index (χ0) is 19.1. The number of carbonyl (C=O) groups excluding carboxylic acids is 1. The number of rotatable bonds is 4. The van der Waals surface area contributed by atoms with Gasteiger partial charge in [0.2, 0.25) is 0 Å². The van der Waals surface area contributed by atoms with E-state index in [0.29, 0.717) is 12.1 Å². The lowest BCUT2D eigenvalue weighted by molar-refractivity contribution is -0.138. The Morgan fingerprint density at radius 1 is 1.23 bits per heavy atom. The van der Waals surface area contributed by atoms with Crippen molar-refractivity contribution < 1.29 is 22.7 Å². The summed E-state index contributed by atoms with van der Waals surface area (Å²) in [6.07, 6.45) is -2.50. The van der Waals surface area contributed by atoms with E-state index in [1.54, 1.807) is 13.2 Å². The fourth-order valence-corrected chi connectivity index (χ4v) is 3.81. The summed E-state index contributed by atoms with van der Waals surface area (Å²) in [6, 6.07) is 2.74. The number of carbonyl (C=O) groups is 1. The molecule has 0 unspecified atom stereocenters. The van der Waals surface area contributed by atoms with Crippen molar-refractivity contribution in [3.63, 3.8) is 0 Å². The number of amides is 1. The predicted molar refractivity (Wildman–Crippen MR) is 91.8 cm³/mol. The van der Waals surface area contributed by atoms with Crippen molar-refractivity contribution in [2.45, 2.75) is 58.1 Å². The molecule has 3 rings (SSSR count). The second-order valence-electron chi connectivity index (χ2n) is 7.41. The number of ether oxygens (including phenoxy) is 1. The minimum absolute atomic E-state index is 0.0280. The van der Waals surface area contributed by atoms with Gasteiger partial charge in [0.25, 0.3) is 5.91 Å². The van der Waals surface area contributed by atoms with Crippen LogP contribution >= 0.6 is 0 Å². The molecule has 2 aliphatic heterocycles. The van der Waals surface area contributed by atoms with E-state index in [9.17, 15) is 18.0 Å². The SMILES string of the molecule is COC1CCN(Cc2cc3c(c(C(F)(F)F)c2)CN(C(C)C)C3=O)CC1. The molecular weight excluding hydrogens is 345 g/mol. The molecule has 0 radical (unpaired) electrons. The van der Waals surface area contributed by atoms with Crippen LogP contribution in [0.3, 0.4) is 0 Å². The number of fused-ring (bicyclic) bond motifs is 1. The van der Waals surface area contributed by atoms with Crippen LogP contribution in [0.5, 0.6) is 0 Å². The molecule has 0 N–H and O–H groups in total. The summed E-state index contributed by atoms with van der Waals surface area (Å²) < 4.78 is 46.1. The van der Waals surface area contributed by atoms with Crippen LogP contribution in [0.2, 0.25) is 0 Å². The Morgan fingerprint density at radius 3 is 2.42 bits per heavy atom. The fourth-order valence-electron chi connectivity index (χ4n) is 3.81. The molecule has 0 saturated carbocycles. The van der Waals surface area contributed by atoms with E-state index in [2.05, 4.69) is 4.90 Å². The van der Waals surface area contributed by atoms with Gasteiger partial charge in [0, 0.05) is 44.9 Å². The first-order valence-electron chi connectivity index (χ1n) is 8.99. The Bertz CT molecular complexity index is 680. The molecule has 7 heteroatoms. The third-order valence-corrected chi connectivity index (χ3v) is 5.33. The van der Waals surface area contributed by atoms with Crippen LogP contribution in [-0.4, -0.2) is 48.1 Å². The molecule has 0 bridgehead atoms. The third kappa shape index (κ3) is 3.74. The first-order chi connectivity index (χ1) is 12.2. The number of benzene rings is 1. The van der Waals surface area contributed by atoms with Gasteiger partial charge in [0.1, 0.15) is 0 Å². The summed E-state index contributed by atoms with van der Waals surface area (Å²) in [7, 11) is 1.68. The zero-order valence-corrected chi connectivity index (χ0v) is 15.4. The lowest BCUT2D eigenvalue weighted by atomic mass is 9.98. The van der Waals surface area contributed by atoms with Crippen molar-refractivity contribution in [1.82, 2.24) is 9.80 Å². The molecule has 1 amide bonds. The molecule has 26 heavy (non-hydrogen) atoms. The largest absolute Gasteiger partial charge is 0.416 e. The summed E-state index contributed by atoms with van der Waals surface area (Å²) in [5.41, 5.74) is 0.188. The Morgan fingerprint density at radius 2 is 1.88 bits per heavy atom. The molecule has 0 aromatic heterocycles. The average Bonchev–Trinajstić information content (AvgIpc) is 2.91. The van der Waals surface area contributed by atoms with Crippen LogP contribution in [0.4, 0.5) is 13.2 Å². The zero-order valence-electron chi connectivity index (χ0n) is 15.4. The van der Waals surface area contributed by atoms with Crippen molar-refractivity contribution in [3.05, 3.63) is 34.4 Å². The highest BCUT2D eigenvalue weighted by Gasteiger charge is 2.40. The van der Waals surface area contributed by atoms with Gasteiger partial charge < -0.3 is 9.64 Å². The quantitative estimate of drug-likeness (QED) is 0.811. The van der Waals surface area contributed by atoms with Gasteiger partial charge in [-0.25, -0.2) is 0 Å². The van der Waals surface area contributed by atoms with E-state index in [1.165, 1.54) is 11.0 Å². The molecule has 0 atom stereocenters. The Hall–Kier alpha value is -1.60. The molecular formula is C19H25F3N2O2. The number of piperidine rings is 1. The van der Waals surface area contributed by atoms with E-state index in [4.69, 9.17) is 4.74 Å². The topological polar surface area (TPSA) is 32.8 Å². The van der Waals surface area contributed by atoms with Crippen LogP contribution in [0, 0.1) is 0 Å². The van der Waals surface area contributed by atoms with Crippen molar-refractivity contribution in [3.8, 4) is 0 Å². The van der Waals surface area contributed by atoms with Gasteiger partial charge in [-0.05, 0) is 49.9 Å². The highest BCUT2D eigenvalue weighted by Crippen LogP contribution is 2.39. The number of nitrogens with zero attached hydrogens (tertiary/aromatic N) is 2. The molecule has 1 saturated heterocycles. The Kier molecular flexibility index (Phi) is 5.30. The second kappa shape index (κ2) is 7.19. The summed E-state index contributed by atoms with van der Waals surface area (Å²) in [6.45, 7) is 5.64. The average molecular weight is 370 g/mol. The number of halogens is 3. The molecule has 0 spiro atoms. The summed E-state index contributed by atoms with van der Waals surface area (Å²) in [5, 5.41) is 0. The van der Waals surface area contributed by atoms with Gasteiger partial charge >= 0.3 is 6.18 Å². The number of methoxy groups -OCH3 is 1. The molecule has 2 aliphatic rings. The monoisotopic (exact) mass is 370 g/mol. The molecule has 1 aromatic rings. The van der Waals surface area contributed by atoms with E-state index in [0.717, 1.165) is 25.9 Å². The maximum absolute atomic E-state index is 13.6. The predicted octanol–water partition coefficient (Wildman–Crippen LogP) is 3.68. The van der Waals surface area contributed by atoms with Gasteiger partial charge in [-0.15, -0.1) is 0 Å². The van der Waals surface area contributed by atoms with Crippen molar-refractivity contribution in [1.29, 1.82) is 0 Å². The number of hydrogen-bond donors (Lipinski definition) is 0. The van der Waals surface area contributed by atoms with E-state index >= 15 is 0 Å². The normalized spacial score (nSPS) is 19.5. The number of likely N-dealkylation sites (tertiary alicyclic amines) is 1. The first-order valence-corrected chi connectivity index (χ1v) is 8.99. The molecule has 1 aromatic carbocycles. The van der Waals surface area contributed by atoms with E-state index in [1.807, 2.05) is 13.8 Å². The summed E-state index contributed by atoms with van der Waals surface area (Å²) >= 11 is 0. The summed E-state index contributed by atoms with van der Waals surface area (Å²) in [5.74, 6) is -0.305. The highest BCUT2D eigenvalue weighted by molar-refractivity contribution is 5.99. The van der Waals surface area contributed by atoms with Crippen LogP contribution < -0.4 is 0 Å². The minimum Gasteiger partial charge on any atom is -0.381 e. The smallest absolute Gasteiger partial charge is 0.381 e. The minimum atomic E-state index is -4.46. The molecule has 144 valence electrons. The first kappa shape index (κ1) is 19.2. The Balaban J connectivity index is 1.88. The van der Waals surface area contributed by atoms with Crippen LogP contribution in [0.25, 0.3) is 0 Å². The fraction of sp³-hybridized carbons (Fsp3) is 0.632. The van der Waals surface area contributed by atoms with Gasteiger partial charge in [-0.1, -0.05) is 0 Å². The van der Waals surface area contributed by atoms with Crippen LogP contribution in [0.1, 0.15) is 53.7 Å². The molecule has 2 heterocycles. The van der Waals surface area contributed by atoms with Gasteiger partial charge in [0.05, 0.1) is 11.7 Å². The van der Waals surface area contributed by atoms with Gasteiger partial charge in [-0.2, -0.15) is 13.2 Å². The van der Waals surface area contributed by atoms with E-state index in [-0.39, 0.29) is 35.7 Å². The van der Waals surface area contributed by atoms with Crippen molar-refractivity contribution in [2.24, 2.45) is 0 Å². The standard InChI is InChI=1S/C19H25F3N2O2/c1-12(2)24-11-16-15(18(24)25)8-13(9-17(16)19(20,21)22)10-23-6-4-14(26-3)5-7-23/h8-9,12,14H,4-7,10-11H2,1-3H3. The van der Waals surface area contributed by atoms with Crippen LogP contribution in [-0.2, 0) is 24.0 Å². The third-order valence-electron chi connectivity index (χ3n) is 5.33. The number of alkyl halides is 3. The van der Waals surface area contributed by atoms with Crippen molar-refractivity contribution >= 4 is 5.91 Å². The van der Waals surface area contributed by atoms with E-state index < -0.39 is 11.7 Å². The lowest BCUT2D eigenvalue weighted by Gasteiger charge is -2.31. The second-order valence-corrected chi connectivity index (χ2v) is 7.41. The highest BCUT2D eigenvalue weighted by atomic mass is 19.4. The molecule has 1 fully saturated rings. The number of hydrogen-bond acceptors (Lipinski definition) is 3.